The molecule has 0 radical (unpaired) electrons. The maximum absolute atomic E-state index is 5.77. The first-order valence-electron chi connectivity index (χ1n) is 6.50. The van der Waals surface area contributed by atoms with Crippen LogP contribution in [0.1, 0.15) is 36.4 Å². The molecule has 1 saturated carbocycles. The van der Waals surface area contributed by atoms with Crippen LogP contribution in [0.4, 0.5) is 0 Å². The van der Waals surface area contributed by atoms with Crippen LogP contribution in [-0.4, -0.2) is 9.97 Å². The van der Waals surface area contributed by atoms with Gasteiger partial charge in [-0.2, -0.15) is 0 Å². The van der Waals surface area contributed by atoms with Crippen molar-refractivity contribution in [1.29, 1.82) is 0 Å². The van der Waals surface area contributed by atoms with Gasteiger partial charge in [-0.25, -0.2) is 9.97 Å². The van der Waals surface area contributed by atoms with Crippen molar-refractivity contribution in [3.63, 3.8) is 0 Å². The zero-order valence-electron chi connectivity index (χ0n) is 10.3. The minimum absolute atomic E-state index is 0.521. The zero-order chi connectivity index (χ0) is 12.4. The van der Waals surface area contributed by atoms with Gasteiger partial charge >= 0.3 is 0 Å². The van der Waals surface area contributed by atoms with Gasteiger partial charge in [0.2, 0.25) is 0 Å². The second kappa shape index (κ2) is 4.86. The van der Waals surface area contributed by atoms with E-state index in [1.807, 2.05) is 36.5 Å². The highest BCUT2D eigenvalue weighted by molar-refractivity contribution is 5.60. The molecule has 0 amide bonds. The first-order valence-corrected chi connectivity index (χ1v) is 6.50. The lowest BCUT2D eigenvalue weighted by molar-refractivity contribution is 0.411. The van der Waals surface area contributed by atoms with Crippen LogP contribution < -0.4 is 5.73 Å². The third-order valence-corrected chi connectivity index (χ3v) is 3.68. The highest BCUT2D eigenvalue weighted by atomic mass is 14.9. The Hall–Kier alpha value is -1.74. The van der Waals surface area contributed by atoms with Crippen molar-refractivity contribution < 1.29 is 0 Å². The number of nitrogens with zero attached hydrogens (tertiary/aromatic N) is 2. The molecule has 0 bridgehead atoms. The van der Waals surface area contributed by atoms with Crippen molar-refractivity contribution in [3.05, 3.63) is 47.8 Å². The predicted molar refractivity (Wildman–Crippen MR) is 72.0 cm³/mol. The summed E-state index contributed by atoms with van der Waals surface area (Å²) in [5, 5.41) is 0. The standard InChI is InChI=1S/C15H17N3/c16-10-12-4-1-2-7-13(12)15-17-9-8-14(18-15)11-5-3-6-11/h1-2,4,7-9,11H,3,5-6,10,16H2. The summed E-state index contributed by atoms with van der Waals surface area (Å²) in [5.41, 5.74) is 9.10. The molecule has 2 N–H and O–H groups in total. The first-order chi connectivity index (χ1) is 8.88. The van der Waals surface area contributed by atoms with E-state index in [4.69, 9.17) is 10.7 Å². The number of benzene rings is 1. The number of hydrogen-bond donors (Lipinski definition) is 1. The minimum atomic E-state index is 0.521. The quantitative estimate of drug-likeness (QED) is 0.896. The molecule has 3 heteroatoms. The van der Waals surface area contributed by atoms with Crippen LogP contribution in [0.5, 0.6) is 0 Å². The Bertz CT molecular complexity index is 547. The minimum Gasteiger partial charge on any atom is -0.326 e. The molecule has 0 spiro atoms. The fraction of sp³-hybridized carbons (Fsp3) is 0.333. The van der Waals surface area contributed by atoms with Gasteiger partial charge in [0.25, 0.3) is 0 Å². The molecule has 1 heterocycles. The highest BCUT2D eigenvalue weighted by Gasteiger charge is 2.21. The van der Waals surface area contributed by atoms with Crippen LogP contribution in [0.2, 0.25) is 0 Å². The Morgan fingerprint density at radius 2 is 2.00 bits per heavy atom. The number of rotatable bonds is 3. The average molecular weight is 239 g/mol. The van der Waals surface area contributed by atoms with Gasteiger partial charge in [0.05, 0.1) is 0 Å². The molecule has 1 aromatic heterocycles. The van der Waals surface area contributed by atoms with Gasteiger partial charge in [0, 0.05) is 29.9 Å². The molecule has 1 aliphatic rings. The van der Waals surface area contributed by atoms with Crippen molar-refractivity contribution in [2.75, 3.05) is 0 Å². The van der Waals surface area contributed by atoms with E-state index in [-0.39, 0.29) is 0 Å². The molecule has 3 nitrogen and oxygen atoms in total. The van der Waals surface area contributed by atoms with E-state index in [1.54, 1.807) is 0 Å². The van der Waals surface area contributed by atoms with Crippen LogP contribution in [0, 0.1) is 0 Å². The lowest BCUT2D eigenvalue weighted by atomic mass is 9.83. The normalized spacial score (nSPS) is 15.4. The Morgan fingerprint density at radius 3 is 2.72 bits per heavy atom. The average Bonchev–Trinajstić information content (AvgIpc) is 2.37. The van der Waals surface area contributed by atoms with Crippen molar-refractivity contribution >= 4 is 0 Å². The maximum Gasteiger partial charge on any atom is 0.159 e. The van der Waals surface area contributed by atoms with Crippen molar-refractivity contribution in [2.45, 2.75) is 31.7 Å². The summed E-state index contributed by atoms with van der Waals surface area (Å²) in [7, 11) is 0. The summed E-state index contributed by atoms with van der Waals surface area (Å²) in [4.78, 5) is 9.10. The van der Waals surface area contributed by atoms with Crippen LogP contribution in [-0.2, 0) is 6.54 Å². The van der Waals surface area contributed by atoms with Gasteiger partial charge in [-0.3, -0.25) is 0 Å². The Morgan fingerprint density at radius 1 is 1.17 bits per heavy atom. The van der Waals surface area contributed by atoms with Crippen molar-refractivity contribution in [3.8, 4) is 11.4 Å². The lowest BCUT2D eigenvalue weighted by Gasteiger charge is -2.24. The van der Waals surface area contributed by atoms with Gasteiger partial charge in [0.1, 0.15) is 0 Å². The van der Waals surface area contributed by atoms with Gasteiger partial charge in [0.15, 0.2) is 5.82 Å². The molecular weight excluding hydrogens is 222 g/mol. The Kier molecular flexibility index (Phi) is 3.07. The second-order valence-corrected chi connectivity index (χ2v) is 4.79. The molecule has 1 fully saturated rings. The zero-order valence-corrected chi connectivity index (χ0v) is 10.3. The molecule has 2 aromatic rings. The fourth-order valence-corrected chi connectivity index (χ4v) is 2.35. The molecule has 92 valence electrons. The van der Waals surface area contributed by atoms with E-state index in [9.17, 15) is 0 Å². The SMILES string of the molecule is NCc1ccccc1-c1nccc(C2CCC2)n1. The summed E-state index contributed by atoms with van der Waals surface area (Å²) in [6.45, 7) is 0.521. The van der Waals surface area contributed by atoms with Gasteiger partial charge < -0.3 is 5.73 Å². The topological polar surface area (TPSA) is 51.8 Å². The summed E-state index contributed by atoms with van der Waals surface area (Å²) >= 11 is 0. The van der Waals surface area contributed by atoms with Crippen LogP contribution in [0.15, 0.2) is 36.5 Å². The van der Waals surface area contributed by atoms with Crippen molar-refractivity contribution in [2.24, 2.45) is 5.73 Å². The molecular formula is C15H17N3. The lowest BCUT2D eigenvalue weighted by Crippen LogP contribution is -2.11. The first kappa shape index (κ1) is 11.4. The molecule has 0 aliphatic heterocycles. The molecule has 3 rings (SSSR count). The highest BCUT2D eigenvalue weighted by Crippen LogP contribution is 2.35. The molecule has 0 unspecified atom stereocenters. The van der Waals surface area contributed by atoms with Gasteiger partial charge in [-0.15, -0.1) is 0 Å². The van der Waals surface area contributed by atoms with Crippen molar-refractivity contribution in [1.82, 2.24) is 9.97 Å². The van der Waals surface area contributed by atoms with E-state index in [0.717, 1.165) is 17.0 Å². The number of aromatic nitrogens is 2. The third kappa shape index (κ3) is 2.02. The van der Waals surface area contributed by atoms with Gasteiger partial charge in [-0.05, 0) is 24.5 Å². The fourth-order valence-electron chi connectivity index (χ4n) is 2.35. The summed E-state index contributed by atoms with van der Waals surface area (Å²) in [6, 6.07) is 10.1. The molecule has 18 heavy (non-hydrogen) atoms. The van der Waals surface area contributed by atoms with E-state index >= 15 is 0 Å². The molecule has 0 saturated heterocycles. The number of hydrogen-bond acceptors (Lipinski definition) is 3. The Balaban J connectivity index is 2.00. The summed E-state index contributed by atoms with van der Waals surface area (Å²) in [6.07, 6.45) is 5.71. The third-order valence-electron chi connectivity index (χ3n) is 3.68. The maximum atomic E-state index is 5.77. The molecule has 0 atom stereocenters. The van der Waals surface area contributed by atoms with E-state index in [1.165, 1.54) is 25.0 Å². The van der Waals surface area contributed by atoms with Crippen LogP contribution in [0.25, 0.3) is 11.4 Å². The second-order valence-electron chi connectivity index (χ2n) is 4.79. The van der Waals surface area contributed by atoms with Crippen LogP contribution in [0.3, 0.4) is 0 Å². The van der Waals surface area contributed by atoms with Gasteiger partial charge in [-0.1, -0.05) is 30.7 Å². The molecule has 1 aliphatic carbocycles. The summed E-state index contributed by atoms with van der Waals surface area (Å²) < 4.78 is 0. The predicted octanol–water partition coefficient (Wildman–Crippen LogP) is 2.87. The molecule has 1 aromatic carbocycles. The summed E-state index contributed by atoms with van der Waals surface area (Å²) in [5.74, 6) is 1.44. The van der Waals surface area contributed by atoms with E-state index in [2.05, 4.69) is 4.98 Å². The monoisotopic (exact) mass is 239 g/mol. The smallest absolute Gasteiger partial charge is 0.159 e. The number of nitrogens with two attached hydrogens (primary N) is 1. The largest absolute Gasteiger partial charge is 0.326 e. The van der Waals surface area contributed by atoms with E-state index < -0.39 is 0 Å². The van der Waals surface area contributed by atoms with E-state index in [0.29, 0.717) is 12.5 Å². The Labute approximate surface area is 107 Å². The van der Waals surface area contributed by atoms with Crippen LogP contribution >= 0.6 is 0 Å².